The maximum absolute atomic E-state index is 5.80. The molecule has 4 nitrogen and oxygen atoms in total. The first-order chi connectivity index (χ1) is 7.78. The largest absolute Gasteiger partial charge is 0.473 e. The molecule has 1 aromatic rings. The Kier molecular flexibility index (Phi) is 4.21. The van der Waals surface area contributed by atoms with E-state index in [0.717, 1.165) is 12.4 Å². The molecule has 0 saturated heterocycles. The number of ether oxygens (including phenoxy) is 1. The van der Waals surface area contributed by atoms with Gasteiger partial charge in [0.05, 0.1) is 11.8 Å². The summed E-state index contributed by atoms with van der Waals surface area (Å²) >= 11 is 0. The molecule has 1 rings (SSSR count). The monoisotopic (exact) mass is 237 g/mol. The number of nitrogens with one attached hydrogen (secondary N) is 1. The summed E-state index contributed by atoms with van der Waals surface area (Å²) in [6.07, 6.45) is 0.0719. The smallest absolute Gasteiger partial charge is 0.239 e. The Morgan fingerprint density at radius 3 is 2.53 bits per heavy atom. The summed E-state index contributed by atoms with van der Waals surface area (Å²) in [6.45, 7) is 11.3. The van der Waals surface area contributed by atoms with Crippen molar-refractivity contribution in [2.24, 2.45) is 5.41 Å². The Hall–Kier alpha value is -1.45. The van der Waals surface area contributed by atoms with Crippen LogP contribution in [0.2, 0.25) is 0 Å². The van der Waals surface area contributed by atoms with Crippen LogP contribution in [-0.4, -0.2) is 17.6 Å². The molecule has 4 heteroatoms. The number of pyridine rings is 1. The van der Waals surface area contributed by atoms with Crippen LogP contribution in [0.1, 0.15) is 34.6 Å². The number of hydrogen-bond acceptors (Lipinski definition) is 4. The lowest BCUT2D eigenvalue weighted by molar-refractivity contribution is 0.234. The van der Waals surface area contributed by atoms with Gasteiger partial charge in [0, 0.05) is 6.54 Å². The Balaban J connectivity index is 2.74. The highest BCUT2D eigenvalue weighted by molar-refractivity contribution is 5.53. The van der Waals surface area contributed by atoms with Crippen LogP contribution in [0, 0.1) is 5.41 Å². The average molecular weight is 237 g/mol. The number of nitrogens with zero attached hydrogens (tertiary/aromatic N) is 1. The van der Waals surface area contributed by atoms with Crippen molar-refractivity contribution in [2.45, 2.75) is 40.7 Å². The molecule has 0 fully saturated rings. The first-order valence-electron chi connectivity index (χ1n) is 5.95. The molecule has 0 aliphatic carbocycles. The van der Waals surface area contributed by atoms with E-state index in [1.54, 1.807) is 0 Å². The molecule has 0 bridgehead atoms. The summed E-state index contributed by atoms with van der Waals surface area (Å²) in [5.74, 6) is 1.30. The SMILES string of the molecule is CC(C)Oc1nc(NCC(C)(C)C)ccc1N. The molecule has 0 aliphatic heterocycles. The van der Waals surface area contributed by atoms with E-state index in [4.69, 9.17) is 10.5 Å². The highest BCUT2D eigenvalue weighted by atomic mass is 16.5. The number of aromatic nitrogens is 1. The first-order valence-corrected chi connectivity index (χ1v) is 5.95. The number of nitrogen functional groups attached to an aromatic ring is 1. The summed E-state index contributed by atoms with van der Waals surface area (Å²) in [4.78, 5) is 4.36. The number of rotatable bonds is 4. The molecule has 96 valence electrons. The zero-order chi connectivity index (χ0) is 13.1. The van der Waals surface area contributed by atoms with Crippen molar-refractivity contribution in [3.8, 4) is 5.88 Å². The summed E-state index contributed by atoms with van der Waals surface area (Å²) in [7, 11) is 0. The number of hydrogen-bond donors (Lipinski definition) is 2. The number of anilines is 2. The van der Waals surface area contributed by atoms with Crippen molar-refractivity contribution in [1.82, 2.24) is 4.98 Å². The molecule has 0 saturated carbocycles. The molecule has 3 N–H and O–H groups in total. The van der Waals surface area contributed by atoms with Gasteiger partial charge in [-0.05, 0) is 31.4 Å². The second kappa shape index (κ2) is 5.25. The van der Waals surface area contributed by atoms with Crippen LogP contribution in [0.3, 0.4) is 0 Å². The molecule has 17 heavy (non-hydrogen) atoms. The Morgan fingerprint density at radius 2 is 2.00 bits per heavy atom. The minimum absolute atomic E-state index is 0.0719. The normalized spacial score (nSPS) is 11.6. The Labute approximate surface area is 104 Å². The fraction of sp³-hybridized carbons (Fsp3) is 0.615. The zero-order valence-electron chi connectivity index (χ0n) is 11.4. The van der Waals surface area contributed by atoms with Gasteiger partial charge in [0.25, 0.3) is 0 Å². The Bertz CT molecular complexity index is 369. The van der Waals surface area contributed by atoms with E-state index < -0.39 is 0 Å². The maximum Gasteiger partial charge on any atom is 0.239 e. The summed E-state index contributed by atoms with van der Waals surface area (Å²) in [5, 5.41) is 3.28. The van der Waals surface area contributed by atoms with Crippen molar-refractivity contribution in [2.75, 3.05) is 17.6 Å². The standard InChI is InChI=1S/C13H23N3O/c1-9(2)17-12-10(14)6-7-11(16-12)15-8-13(3,4)5/h6-7,9H,8,14H2,1-5H3,(H,15,16). The van der Waals surface area contributed by atoms with Crippen LogP contribution in [0.25, 0.3) is 0 Å². The summed E-state index contributed by atoms with van der Waals surface area (Å²) < 4.78 is 5.54. The van der Waals surface area contributed by atoms with E-state index in [1.807, 2.05) is 26.0 Å². The van der Waals surface area contributed by atoms with E-state index >= 15 is 0 Å². The third-order valence-electron chi connectivity index (χ3n) is 2.04. The van der Waals surface area contributed by atoms with Gasteiger partial charge < -0.3 is 15.8 Å². The lowest BCUT2D eigenvalue weighted by Gasteiger charge is -2.20. The lowest BCUT2D eigenvalue weighted by atomic mass is 9.97. The van der Waals surface area contributed by atoms with Crippen LogP contribution in [0.4, 0.5) is 11.5 Å². The van der Waals surface area contributed by atoms with Crippen LogP contribution >= 0.6 is 0 Å². The van der Waals surface area contributed by atoms with Gasteiger partial charge in [0.15, 0.2) is 0 Å². The predicted octanol–water partition coefficient (Wildman–Crippen LogP) is 2.91. The van der Waals surface area contributed by atoms with Gasteiger partial charge in [-0.15, -0.1) is 0 Å². The van der Waals surface area contributed by atoms with Gasteiger partial charge in [-0.3, -0.25) is 0 Å². The van der Waals surface area contributed by atoms with Crippen LogP contribution in [-0.2, 0) is 0 Å². The van der Waals surface area contributed by atoms with Gasteiger partial charge in [-0.25, -0.2) is 0 Å². The van der Waals surface area contributed by atoms with Crippen LogP contribution in [0.5, 0.6) is 5.88 Å². The molecule has 0 spiro atoms. The minimum Gasteiger partial charge on any atom is -0.473 e. The average Bonchev–Trinajstić information content (AvgIpc) is 2.17. The lowest BCUT2D eigenvalue weighted by Crippen LogP contribution is -2.20. The topological polar surface area (TPSA) is 60.2 Å². The van der Waals surface area contributed by atoms with Crippen molar-refractivity contribution >= 4 is 11.5 Å². The molecule has 0 atom stereocenters. The molecule has 0 amide bonds. The van der Waals surface area contributed by atoms with E-state index in [0.29, 0.717) is 11.6 Å². The second-order valence-corrected chi connectivity index (χ2v) is 5.67. The minimum atomic E-state index is 0.0719. The summed E-state index contributed by atoms with van der Waals surface area (Å²) in [5.41, 5.74) is 6.58. The quantitative estimate of drug-likeness (QED) is 0.845. The van der Waals surface area contributed by atoms with E-state index in [2.05, 4.69) is 31.1 Å². The third-order valence-corrected chi connectivity index (χ3v) is 2.04. The third kappa shape index (κ3) is 4.93. The van der Waals surface area contributed by atoms with Crippen LogP contribution in [0.15, 0.2) is 12.1 Å². The fourth-order valence-electron chi connectivity index (χ4n) is 1.22. The van der Waals surface area contributed by atoms with E-state index in [-0.39, 0.29) is 11.5 Å². The molecule has 0 unspecified atom stereocenters. The summed E-state index contributed by atoms with van der Waals surface area (Å²) in [6, 6.07) is 3.68. The molecule has 0 aliphatic rings. The van der Waals surface area contributed by atoms with Gasteiger partial charge in [0.2, 0.25) is 5.88 Å². The molecular formula is C13H23N3O. The molecular weight excluding hydrogens is 214 g/mol. The molecule has 0 radical (unpaired) electrons. The maximum atomic E-state index is 5.80. The van der Waals surface area contributed by atoms with Crippen molar-refractivity contribution in [3.05, 3.63) is 12.1 Å². The van der Waals surface area contributed by atoms with Crippen molar-refractivity contribution in [3.63, 3.8) is 0 Å². The number of nitrogens with two attached hydrogens (primary N) is 1. The van der Waals surface area contributed by atoms with Gasteiger partial charge in [-0.1, -0.05) is 20.8 Å². The van der Waals surface area contributed by atoms with E-state index in [9.17, 15) is 0 Å². The fourth-order valence-corrected chi connectivity index (χ4v) is 1.22. The highest BCUT2D eigenvalue weighted by Gasteiger charge is 2.11. The molecule has 1 heterocycles. The van der Waals surface area contributed by atoms with Crippen LogP contribution < -0.4 is 15.8 Å². The van der Waals surface area contributed by atoms with Gasteiger partial charge in [-0.2, -0.15) is 4.98 Å². The van der Waals surface area contributed by atoms with Crippen molar-refractivity contribution in [1.29, 1.82) is 0 Å². The zero-order valence-corrected chi connectivity index (χ0v) is 11.4. The van der Waals surface area contributed by atoms with Gasteiger partial charge in [0.1, 0.15) is 5.82 Å². The van der Waals surface area contributed by atoms with Crippen molar-refractivity contribution < 1.29 is 4.74 Å². The Morgan fingerprint density at radius 1 is 1.35 bits per heavy atom. The highest BCUT2D eigenvalue weighted by Crippen LogP contribution is 2.23. The van der Waals surface area contributed by atoms with Gasteiger partial charge >= 0.3 is 0 Å². The molecule has 1 aromatic heterocycles. The van der Waals surface area contributed by atoms with E-state index in [1.165, 1.54) is 0 Å². The second-order valence-electron chi connectivity index (χ2n) is 5.67. The predicted molar refractivity (Wildman–Crippen MR) is 72.4 cm³/mol. The molecule has 0 aromatic carbocycles. The first kappa shape index (κ1) is 13.6.